The first-order valence-corrected chi connectivity index (χ1v) is 13.2. The molecule has 0 fully saturated rings. The number of imidazole rings is 1. The summed E-state index contributed by atoms with van der Waals surface area (Å²) < 4.78 is 30.5. The minimum atomic E-state index is -1.63. The van der Waals surface area contributed by atoms with E-state index < -0.39 is 59.4 Å². The molecule has 3 aromatic rings. The monoisotopic (exact) mass is 586 g/mol. The molecule has 13 heteroatoms. The van der Waals surface area contributed by atoms with Crippen LogP contribution in [0, 0.1) is 17.0 Å². The zero-order valence-corrected chi connectivity index (χ0v) is 23.6. The zero-order valence-electron chi connectivity index (χ0n) is 23.6. The van der Waals surface area contributed by atoms with Crippen LogP contribution in [0.2, 0.25) is 0 Å². The van der Waals surface area contributed by atoms with E-state index in [9.17, 15) is 28.3 Å². The number of rotatable bonds is 12. The van der Waals surface area contributed by atoms with Gasteiger partial charge < -0.3 is 25.8 Å². The fourth-order valence-corrected chi connectivity index (χ4v) is 4.58. The van der Waals surface area contributed by atoms with Crippen LogP contribution in [-0.2, 0) is 20.9 Å². The summed E-state index contributed by atoms with van der Waals surface area (Å²) in [4.78, 5) is 40.7. The highest BCUT2D eigenvalue weighted by atomic mass is 19.1. The average Bonchev–Trinajstić information content (AvgIpc) is 3.31. The van der Waals surface area contributed by atoms with Crippen molar-refractivity contribution in [2.75, 3.05) is 13.1 Å². The first-order chi connectivity index (χ1) is 19.7. The third-order valence-corrected chi connectivity index (χ3v) is 6.66. The minimum Gasteiger partial charge on any atom is -0.480 e. The Labute approximate surface area is 242 Å². The number of aromatic nitrogens is 2. The number of hydrogen-bond acceptors (Lipinski definition) is 7. The number of aliphatic hydroxyl groups is 1. The number of carbonyl (C=O) groups excluding carboxylic acids is 2. The van der Waals surface area contributed by atoms with Gasteiger partial charge in [0, 0.05) is 24.8 Å². The molecule has 0 bridgehead atoms. The summed E-state index contributed by atoms with van der Waals surface area (Å²) in [6, 6.07) is 11.2. The summed E-state index contributed by atoms with van der Waals surface area (Å²) in [6.07, 6.45) is -0.141. The Morgan fingerprint density at radius 3 is 2.40 bits per heavy atom. The number of amides is 2. The van der Waals surface area contributed by atoms with E-state index in [0.717, 1.165) is 23.8 Å². The Kier molecular flexibility index (Phi) is 10.5. The lowest BCUT2D eigenvalue weighted by Crippen LogP contribution is -2.51. The maximum absolute atomic E-state index is 14.7. The van der Waals surface area contributed by atoms with Gasteiger partial charge in [-0.3, -0.25) is 19.4 Å². The Hall–Kier alpha value is -4.20. The van der Waals surface area contributed by atoms with Crippen molar-refractivity contribution in [1.29, 1.82) is 0 Å². The van der Waals surface area contributed by atoms with Crippen LogP contribution in [0.25, 0.3) is 11.3 Å². The van der Waals surface area contributed by atoms with Gasteiger partial charge in [0.25, 0.3) is 5.91 Å². The summed E-state index contributed by atoms with van der Waals surface area (Å²) in [7, 11) is 0. The molecule has 3 rings (SSSR count). The van der Waals surface area contributed by atoms with Crippen molar-refractivity contribution in [3.63, 3.8) is 0 Å². The lowest BCUT2D eigenvalue weighted by atomic mass is 9.76. The van der Waals surface area contributed by atoms with E-state index in [2.05, 4.69) is 10.3 Å². The molecule has 0 spiro atoms. The number of nitrogens with one attached hydrogen (secondary N) is 1. The highest BCUT2D eigenvalue weighted by Gasteiger charge is 2.40. The van der Waals surface area contributed by atoms with Gasteiger partial charge in [0.2, 0.25) is 5.91 Å². The molecule has 0 saturated carbocycles. The number of carboxylic acid groups (broad SMARTS) is 1. The lowest BCUT2D eigenvalue weighted by molar-refractivity contribution is -0.145. The van der Waals surface area contributed by atoms with Crippen LogP contribution in [0.15, 0.2) is 54.7 Å². The standard InChI is InChI=1S/C29H36F2N6O5/c1-29(2,3)24(25(40)27(41)34-12-11-21(32)28(42)37(33)16-23(38)39)26-35-22(19-13-18(30)9-10-20(19)31)15-36(26)14-17-7-5-4-6-8-17/h4-10,13,15,21,24-25,40H,11-12,14,16,32-33H2,1-3H3,(H,34,41)(H,38,39)/t21-,24-,25-/m0/s1. The molecule has 0 aliphatic heterocycles. The van der Waals surface area contributed by atoms with Gasteiger partial charge in [0.15, 0.2) is 0 Å². The maximum atomic E-state index is 14.7. The number of aliphatic carboxylic acids is 1. The van der Waals surface area contributed by atoms with Gasteiger partial charge >= 0.3 is 5.97 Å². The number of carbonyl (C=O) groups is 3. The van der Waals surface area contributed by atoms with Crippen LogP contribution in [0.4, 0.5) is 8.78 Å². The fourth-order valence-electron chi connectivity index (χ4n) is 4.58. The number of hydrazine groups is 1. The van der Waals surface area contributed by atoms with E-state index in [1.807, 2.05) is 51.1 Å². The van der Waals surface area contributed by atoms with Crippen LogP contribution < -0.4 is 16.9 Å². The molecule has 7 N–H and O–H groups in total. The Morgan fingerprint density at radius 1 is 1.12 bits per heavy atom. The predicted molar refractivity (Wildman–Crippen MR) is 150 cm³/mol. The number of nitrogens with two attached hydrogens (primary N) is 2. The summed E-state index contributed by atoms with van der Waals surface area (Å²) in [5.74, 6) is 0.587. The fraction of sp³-hybridized carbons (Fsp3) is 0.379. The summed E-state index contributed by atoms with van der Waals surface area (Å²) in [5.41, 5.74) is 6.01. The molecule has 2 aromatic carbocycles. The average molecular weight is 587 g/mol. The summed E-state index contributed by atoms with van der Waals surface area (Å²) >= 11 is 0. The minimum absolute atomic E-state index is 0.0647. The maximum Gasteiger partial charge on any atom is 0.324 e. The zero-order chi connectivity index (χ0) is 31.2. The van der Waals surface area contributed by atoms with E-state index in [1.54, 1.807) is 10.8 Å². The van der Waals surface area contributed by atoms with Gasteiger partial charge in [-0.1, -0.05) is 51.1 Å². The van der Waals surface area contributed by atoms with Gasteiger partial charge in [-0.25, -0.2) is 19.6 Å². The Balaban J connectivity index is 1.89. The van der Waals surface area contributed by atoms with Crippen LogP contribution >= 0.6 is 0 Å². The largest absolute Gasteiger partial charge is 0.480 e. The number of halogens is 2. The van der Waals surface area contributed by atoms with E-state index in [0.29, 0.717) is 5.01 Å². The smallest absolute Gasteiger partial charge is 0.324 e. The van der Waals surface area contributed by atoms with Crippen molar-refractivity contribution < 1.29 is 33.4 Å². The number of benzene rings is 2. The van der Waals surface area contributed by atoms with Crippen molar-refractivity contribution in [2.45, 2.75) is 51.8 Å². The molecule has 0 saturated heterocycles. The second-order valence-electron chi connectivity index (χ2n) is 11.1. The molecule has 0 aliphatic carbocycles. The van der Waals surface area contributed by atoms with Crippen LogP contribution in [-0.4, -0.2) is 67.8 Å². The first kappa shape index (κ1) is 32.3. The van der Waals surface area contributed by atoms with Crippen molar-refractivity contribution in [1.82, 2.24) is 19.9 Å². The van der Waals surface area contributed by atoms with Crippen molar-refractivity contribution in [3.05, 3.63) is 77.8 Å². The SMILES string of the molecule is CC(C)(C)[C@H](c1nc(-c2cc(F)ccc2F)cn1Cc1ccccc1)[C@H](O)C(=O)NCC[C@H](N)C(=O)N(N)CC(=O)O. The van der Waals surface area contributed by atoms with Crippen LogP contribution in [0.1, 0.15) is 44.5 Å². The second kappa shape index (κ2) is 13.6. The molecular formula is C29H36F2N6O5. The van der Waals surface area contributed by atoms with E-state index in [4.69, 9.17) is 16.7 Å². The lowest BCUT2D eigenvalue weighted by Gasteiger charge is -2.33. The Morgan fingerprint density at radius 2 is 1.79 bits per heavy atom. The molecule has 3 atom stereocenters. The predicted octanol–water partition coefficient (Wildman–Crippen LogP) is 1.99. The third-order valence-electron chi connectivity index (χ3n) is 6.66. The Bertz CT molecular complexity index is 1410. The van der Waals surface area contributed by atoms with Crippen molar-refractivity contribution in [3.8, 4) is 11.3 Å². The molecule has 0 radical (unpaired) electrons. The quantitative estimate of drug-likeness (QED) is 0.122. The van der Waals surface area contributed by atoms with Crippen LogP contribution in [0.3, 0.4) is 0 Å². The summed E-state index contributed by atoms with van der Waals surface area (Å²) in [6.45, 7) is 4.87. The summed E-state index contributed by atoms with van der Waals surface area (Å²) in [5, 5.41) is 23.1. The van der Waals surface area contributed by atoms with Gasteiger partial charge in [-0.05, 0) is 35.6 Å². The second-order valence-corrected chi connectivity index (χ2v) is 11.1. The molecule has 0 unspecified atom stereocenters. The molecule has 2 amide bonds. The molecule has 1 aromatic heterocycles. The van der Waals surface area contributed by atoms with E-state index in [-0.39, 0.29) is 36.6 Å². The molecule has 42 heavy (non-hydrogen) atoms. The number of hydrogen-bond donors (Lipinski definition) is 5. The van der Waals surface area contributed by atoms with Gasteiger partial charge in [0.05, 0.1) is 17.7 Å². The normalized spacial score (nSPS) is 13.7. The number of carboxylic acids is 1. The molecule has 1 heterocycles. The topological polar surface area (TPSA) is 177 Å². The van der Waals surface area contributed by atoms with Crippen molar-refractivity contribution >= 4 is 17.8 Å². The van der Waals surface area contributed by atoms with Gasteiger partial charge in [-0.15, -0.1) is 0 Å². The molecule has 226 valence electrons. The highest BCUT2D eigenvalue weighted by molar-refractivity contribution is 5.85. The molecule has 0 aliphatic rings. The van der Waals surface area contributed by atoms with Crippen molar-refractivity contribution in [2.24, 2.45) is 17.0 Å². The first-order valence-electron chi connectivity index (χ1n) is 13.2. The van der Waals surface area contributed by atoms with E-state index >= 15 is 0 Å². The van der Waals surface area contributed by atoms with Gasteiger partial charge in [-0.2, -0.15) is 0 Å². The van der Waals surface area contributed by atoms with Gasteiger partial charge in [0.1, 0.15) is 30.1 Å². The number of nitrogens with zero attached hydrogens (tertiary/aromatic N) is 3. The number of aliphatic hydroxyl groups excluding tert-OH is 1. The van der Waals surface area contributed by atoms with Crippen LogP contribution in [0.5, 0.6) is 0 Å². The molecule has 11 nitrogen and oxygen atoms in total. The molecular weight excluding hydrogens is 550 g/mol. The van der Waals surface area contributed by atoms with E-state index in [1.165, 1.54) is 0 Å². The third kappa shape index (κ3) is 8.18. The highest BCUT2D eigenvalue weighted by Crippen LogP contribution is 2.39.